The zero-order valence-corrected chi connectivity index (χ0v) is 15.4. The van der Waals surface area contributed by atoms with Crippen molar-refractivity contribution in [3.63, 3.8) is 0 Å². The second-order valence-electron chi connectivity index (χ2n) is 6.71. The van der Waals surface area contributed by atoms with Gasteiger partial charge in [0.25, 0.3) is 5.91 Å². The Balaban J connectivity index is 1.42. The molecule has 28 heavy (non-hydrogen) atoms. The lowest BCUT2D eigenvalue weighted by molar-refractivity contribution is -0.115. The number of hydrogen-bond donors (Lipinski definition) is 2. The first-order chi connectivity index (χ1) is 13.6. The minimum Gasteiger partial charge on any atom is -0.489 e. The van der Waals surface area contributed by atoms with E-state index in [2.05, 4.69) is 10.6 Å². The predicted octanol–water partition coefficient (Wildman–Crippen LogP) is 3.84. The van der Waals surface area contributed by atoms with E-state index in [-0.39, 0.29) is 30.2 Å². The van der Waals surface area contributed by atoms with Gasteiger partial charge in [-0.3, -0.25) is 9.59 Å². The van der Waals surface area contributed by atoms with E-state index in [4.69, 9.17) is 9.15 Å². The molecule has 0 saturated carbocycles. The summed E-state index contributed by atoms with van der Waals surface area (Å²) in [6, 6.07) is 16.6. The second-order valence-corrected chi connectivity index (χ2v) is 6.71. The van der Waals surface area contributed by atoms with Gasteiger partial charge in [0.2, 0.25) is 5.91 Å². The number of carbonyl (C=O) groups excluding carboxylic acids is 2. The minimum absolute atomic E-state index is 0.0116. The number of para-hydroxylation sites is 1. The van der Waals surface area contributed by atoms with Crippen LogP contribution < -0.4 is 15.4 Å². The van der Waals surface area contributed by atoms with Gasteiger partial charge in [-0.1, -0.05) is 30.3 Å². The summed E-state index contributed by atoms with van der Waals surface area (Å²) in [5.41, 5.74) is 3.38. The van der Waals surface area contributed by atoms with E-state index in [0.717, 1.165) is 22.6 Å². The van der Waals surface area contributed by atoms with Crippen molar-refractivity contribution in [2.75, 3.05) is 5.32 Å². The molecule has 2 heterocycles. The predicted molar refractivity (Wildman–Crippen MR) is 104 cm³/mol. The summed E-state index contributed by atoms with van der Waals surface area (Å²) in [5, 5.41) is 5.75. The molecular formula is C22H20N2O4. The molecule has 0 aliphatic carbocycles. The molecule has 1 aliphatic heterocycles. The van der Waals surface area contributed by atoms with E-state index in [0.29, 0.717) is 12.0 Å². The smallest absolute Gasteiger partial charge is 0.287 e. The summed E-state index contributed by atoms with van der Waals surface area (Å²) >= 11 is 0. The van der Waals surface area contributed by atoms with Crippen LogP contribution in [0.3, 0.4) is 0 Å². The zero-order valence-electron chi connectivity index (χ0n) is 15.4. The number of carbonyl (C=O) groups is 2. The molecular weight excluding hydrogens is 356 g/mol. The normalized spacial score (nSPS) is 13.5. The third-order valence-corrected chi connectivity index (χ3v) is 4.69. The molecule has 3 aromatic rings. The van der Waals surface area contributed by atoms with Gasteiger partial charge in [-0.25, -0.2) is 0 Å². The molecule has 4 rings (SSSR count). The first-order valence-corrected chi connectivity index (χ1v) is 9.08. The van der Waals surface area contributed by atoms with Crippen molar-refractivity contribution < 1.29 is 18.7 Å². The fourth-order valence-corrected chi connectivity index (χ4v) is 3.19. The van der Waals surface area contributed by atoms with E-state index >= 15 is 0 Å². The second kappa shape index (κ2) is 7.60. The molecule has 2 aromatic carbocycles. The van der Waals surface area contributed by atoms with Crippen molar-refractivity contribution in [2.45, 2.75) is 26.0 Å². The molecule has 0 bridgehead atoms. The van der Waals surface area contributed by atoms with Crippen molar-refractivity contribution in [1.82, 2.24) is 5.32 Å². The molecule has 0 unspecified atom stereocenters. The lowest BCUT2D eigenvalue weighted by Gasteiger charge is -2.15. The zero-order chi connectivity index (χ0) is 19.5. The summed E-state index contributed by atoms with van der Waals surface area (Å²) in [6.45, 7) is 2.14. The van der Waals surface area contributed by atoms with Crippen LogP contribution in [0.15, 0.2) is 65.3 Å². The van der Waals surface area contributed by atoms with Gasteiger partial charge < -0.3 is 19.8 Å². The third-order valence-electron chi connectivity index (χ3n) is 4.69. The highest BCUT2D eigenvalue weighted by atomic mass is 16.5. The summed E-state index contributed by atoms with van der Waals surface area (Å²) in [5.74, 6) is 0.645. The fraction of sp³-hybridized carbons (Fsp3) is 0.182. The van der Waals surface area contributed by atoms with E-state index in [1.165, 1.54) is 6.26 Å². The van der Waals surface area contributed by atoms with E-state index < -0.39 is 0 Å². The highest BCUT2D eigenvalue weighted by molar-refractivity contribution is 5.99. The molecule has 6 heteroatoms. The van der Waals surface area contributed by atoms with Gasteiger partial charge in [0.05, 0.1) is 18.7 Å². The number of rotatable bonds is 6. The summed E-state index contributed by atoms with van der Waals surface area (Å²) in [4.78, 5) is 24.2. The molecule has 1 atom stereocenters. The molecule has 142 valence electrons. The Kier molecular flexibility index (Phi) is 4.85. The van der Waals surface area contributed by atoms with Crippen LogP contribution >= 0.6 is 0 Å². The average Bonchev–Trinajstić information content (AvgIpc) is 3.31. The van der Waals surface area contributed by atoms with Crippen molar-refractivity contribution in [1.29, 1.82) is 0 Å². The van der Waals surface area contributed by atoms with Gasteiger partial charge in [-0.2, -0.15) is 0 Å². The highest BCUT2D eigenvalue weighted by Crippen LogP contribution is 2.26. The number of benzene rings is 2. The van der Waals surface area contributed by atoms with Gasteiger partial charge in [-0.15, -0.1) is 0 Å². The Morgan fingerprint density at radius 1 is 1.21 bits per heavy atom. The number of furan rings is 1. The van der Waals surface area contributed by atoms with Crippen molar-refractivity contribution in [3.8, 4) is 5.75 Å². The molecule has 0 radical (unpaired) electrons. The number of anilines is 1. The fourth-order valence-electron chi connectivity index (χ4n) is 3.19. The van der Waals surface area contributed by atoms with Crippen LogP contribution in [0.25, 0.3) is 0 Å². The van der Waals surface area contributed by atoms with Crippen molar-refractivity contribution in [2.24, 2.45) is 0 Å². The molecule has 2 N–H and O–H groups in total. The first kappa shape index (κ1) is 17.9. The molecule has 2 amide bonds. The Morgan fingerprint density at radius 2 is 2.04 bits per heavy atom. The van der Waals surface area contributed by atoms with Crippen LogP contribution in [0, 0.1) is 0 Å². The maximum absolute atomic E-state index is 12.7. The molecule has 0 fully saturated rings. The molecule has 1 aliphatic rings. The maximum Gasteiger partial charge on any atom is 0.287 e. The standard InChI is InChI=1S/C22H20N2O4/c1-14(15-7-8-19-17(11-15)12-20(25)24-19)23-22(26)21-16(9-10-27-21)13-28-18-5-3-2-4-6-18/h2-11,14H,12-13H2,1H3,(H,23,26)(H,24,25)/t14-/m0/s1. The largest absolute Gasteiger partial charge is 0.489 e. The van der Waals surface area contributed by atoms with Gasteiger partial charge >= 0.3 is 0 Å². The maximum atomic E-state index is 12.7. The number of nitrogens with one attached hydrogen (secondary N) is 2. The van der Waals surface area contributed by atoms with E-state index in [9.17, 15) is 9.59 Å². The van der Waals surface area contributed by atoms with Crippen LogP contribution in [-0.2, 0) is 17.8 Å². The van der Waals surface area contributed by atoms with Gasteiger partial charge in [0, 0.05) is 11.3 Å². The molecule has 6 nitrogen and oxygen atoms in total. The number of fused-ring (bicyclic) bond motifs is 1. The van der Waals surface area contributed by atoms with E-state index in [1.807, 2.05) is 55.5 Å². The third kappa shape index (κ3) is 3.76. The van der Waals surface area contributed by atoms with E-state index in [1.54, 1.807) is 6.07 Å². The van der Waals surface area contributed by atoms with Crippen LogP contribution in [0.4, 0.5) is 5.69 Å². The number of hydrogen-bond acceptors (Lipinski definition) is 4. The molecule has 0 spiro atoms. The molecule has 0 saturated heterocycles. The van der Waals surface area contributed by atoms with Crippen LogP contribution in [0.1, 0.15) is 40.2 Å². The Labute approximate surface area is 162 Å². The quantitative estimate of drug-likeness (QED) is 0.685. The topological polar surface area (TPSA) is 80.6 Å². The Bertz CT molecular complexity index is 1010. The van der Waals surface area contributed by atoms with Crippen molar-refractivity contribution in [3.05, 3.63) is 83.3 Å². The van der Waals surface area contributed by atoms with Crippen molar-refractivity contribution >= 4 is 17.5 Å². The monoisotopic (exact) mass is 376 g/mol. The molecule has 1 aromatic heterocycles. The number of amides is 2. The average molecular weight is 376 g/mol. The lowest BCUT2D eigenvalue weighted by Crippen LogP contribution is -2.27. The van der Waals surface area contributed by atoms with Gasteiger partial charge in [0.1, 0.15) is 12.4 Å². The summed E-state index contributed by atoms with van der Waals surface area (Å²) < 4.78 is 11.1. The van der Waals surface area contributed by atoms with Crippen LogP contribution in [0.5, 0.6) is 5.75 Å². The summed E-state index contributed by atoms with van der Waals surface area (Å²) in [7, 11) is 0. The minimum atomic E-state index is -0.307. The van der Waals surface area contributed by atoms with Gasteiger partial charge in [0.15, 0.2) is 5.76 Å². The summed E-state index contributed by atoms with van der Waals surface area (Å²) in [6.07, 6.45) is 1.85. The number of ether oxygens (including phenoxy) is 1. The SMILES string of the molecule is C[C@H](NC(=O)c1occc1COc1ccccc1)c1ccc2c(c1)CC(=O)N2. The van der Waals surface area contributed by atoms with Crippen LogP contribution in [-0.4, -0.2) is 11.8 Å². The highest BCUT2D eigenvalue weighted by Gasteiger charge is 2.21. The van der Waals surface area contributed by atoms with Crippen LogP contribution in [0.2, 0.25) is 0 Å². The first-order valence-electron chi connectivity index (χ1n) is 9.08. The lowest BCUT2D eigenvalue weighted by atomic mass is 10.0. The van der Waals surface area contributed by atoms with Gasteiger partial charge in [-0.05, 0) is 42.3 Å². The Morgan fingerprint density at radius 3 is 2.86 bits per heavy atom. The Hall–Kier alpha value is -3.54.